The minimum atomic E-state index is -0.966. The zero-order valence-electron chi connectivity index (χ0n) is 28.2. The highest BCUT2D eigenvalue weighted by molar-refractivity contribution is 5.93. The van der Waals surface area contributed by atoms with Crippen LogP contribution in [0.15, 0.2) is 60.7 Å². The van der Waals surface area contributed by atoms with Crippen molar-refractivity contribution >= 4 is 23.9 Å². The van der Waals surface area contributed by atoms with E-state index >= 15 is 0 Å². The molecule has 252 valence electrons. The monoisotopic (exact) mass is 635 g/mol. The second-order valence-electron chi connectivity index (χ2n) is 13.8. The summed E-state index contributed by atoms with van der Waals surface area (Å²) in [4.78, 5) is 53.6. The van der Waals surface area contributed by atoms with E-state index < -0.39 is 47.6 Å². The molecule has 3 atom stereocenters. The summed E-state index contributed by atoms with van der Waals surface area (Å²) >= 11 is 0. The maximum absolute atomic E-state index is 13.8. The predicted octanol–water partition coefficient (Wildman–Crippen LogP) is 6.24. The third-order valence-electron chi connectivity index (χ3n) is 8.04. The number of esters is 1. The zero-order valence-corrected chi connectivity index (χ0v) is 28.2. The maximum atomic E-state index is 13.8. The minimum absolute atomic E-state index is 0.0631. The molecule has 3 rings (SSSR count). The molecular formula is C37H53N3O6. The molecule has 0 heterocycles. The Morgan fingerprint density at radius 2 is 1.33 bits per heavy atom. The summed E-state index contributed by atoms with van der Waals surface area (Å²) in [6, 6.07) is 16.0. The number of hydrogen-bond acceptors (Lipinski definition) is 6. The number of ether oxygens (including phenoxy) is 2. The molecule has 9 heteroatoms. The molecular weight excluding hydrogens is 582 g/mol. The van der Waals surface area contributed by atoms with Gasteiger partial charge in [-0.15, -0.1) is 0 Å². The van der Waals surface area contributed by atoms with Crippen molar-refractivity contribution in [3.8, 4) is 0 Å². The Kier molecular flexibility index (Phi) is 14.6. The fourth-order valence-corrected chi connectivity index (χ4v) is 5.72. The average molecular weight is 636 g/mol. The second-order valence-corrected chi connectivity index (χ2v) is 13.8. The minimum Gasteiger partial charge on any atom is -0.459 e. The molecule has 1 aliphatic carbocycles. The molecule has 0 radical (unpaired) electrons. The smallest absolute Gasteiger partial charge is 0.408 e. The number of carbonyl (C=O) groups excluding carboxylic acids is 4. The van der Waals surface area contributed by atoms with Gasteiger partial charge in [-0.25, -0.2) is 9.59 Å². The Bertz CT molecular complexity index is 1240. The van der Waals surface area contributed by atoms with Gasteiger partial charge in [0.05, 0.1) is 0 Å². The average Bonchev–Trinajstić information content (AvgIpc) is 3.01. The highest BCUT2D eigenvalue weighted by atomic mass is 16.6. The van der Waals surface area contributed by atoms with Gasteiger partial charge < -0.3 is 25.4 Å². The fraction of sp³-hybridized carbons (Fsp3) is 0.568. The van der Waals surface area contributed by atoms with Crippen LogP contribution in [0.25, 0.3) is 0 Å². The molecule has 0 aromatic heterocycles. The Hall–Kier alpha value is -3.88. The van der Waals surface area contributed by atoms with Gasteiger partial charge >= 0.3 is 12.1 Å². The van der Waals surface area contributed by atoms with Crippen LogP contribution in [0.3, 0.4) is 0 Å². The first-order valence-electron chi connectivity index (χ1n) is 16.7. The van der Waals surface area contributed by atoms with Crippen LogP contribution < -0.4 is 16.0 Å². The van der Waals surface area contributed by atoms with E-state index in [1.54, 1.807) is 20.8 Å². The van der Waals surface area contributed by atoms with Crippen molar-refractivity contribution in [2.24, 2.45) is 11.8 Å². The van der Waals surface area contributed by atoms with Crippen molar-refractivity contribution in [2.75, 3.05) is 0 Å². The van der Waals surface area contributed by atoms with E-state index in [0.29, 0.717) is 18.8 Å². The number of nitrogens with one attached hydrogen (secondary N) is 3. The summed E-state index contributed by atoms with van der Waals surface area (Å²) in [6.45, 7) is 9.30. The lowest BCUT2D eigenvalue weighted by Crippen LogP contribution is -2.56. The van der Waals surface area contributed by atoms with Crippen LogP contribution in [0.2, 0.25) is 0 Å². The molecule has 0 unspecified atom stereocenters. The van der Waals surface area contributed by atoms with Crippen LogP contribution in [0.4, 0.5) is 4.79 Å². The third-order valence-corrected chi connectivity index (χ3v) is 8.04. The number of alkyl carbamates (subject to hydrolysis) is 1. The van der Waals surface area contributed by atoms with Gasteiger partial charge in [0.2, 0.25) is 11.8 Å². The SMILES string of the molecule is CC(C)C[C@H](NC(=O)[C@H](CCC1CCCCC1)NC(=O)OC(C)(C)C)C(=O)N[C@@H](Cc1ccccc1)C(=O)OCc1ccccc1. The number of amides is 3. The normalized spacial score (nSPS) is 15.7. The number of hydrogen-bond donors (Lipinski definition) is 3. The Morgan fingerprint density at radius 1 is 0.761 bits per heavy atom. The quantitative estimate of drug-likeness (QED) is 0.199. The Morgan fingerprint density at radius 3 is 1.91 bits per heavy atom. The van der Waals surface area contributed by atoms with Crippen molar-refractivity contribution in [1.82, 2.24) is 16.0 Å². The van der Waals surface area contributed by atoms with Crippen LogP contribution in [0, 0.1) is 11.8 Å². The van der Waals surface area contributed by atoms with E-state index in [2.05, 4.69) is 16.0 Å². The Labute approximate surface area is 274 Å². The maximum Gasteiger partial charge on any atom is 0.408 e. The van der Waals surface area contributed by atoms with E-state index in [4.69, 9.17) is 9.47 Å². The van der Waals surface area contributed by atoms with E-state index in [-0.39, 0.29) is 18.9 Å². The first-order chi connectivity index (χ1) is 21.9. The lowest BCUT2D eigenvalue weighted by atomic mass is 9.85. The number of rotatable bonds is 15. The molecule has 0 bridgehead atoms. The summed E-state index contributed by atoms with van der Waals surface area (Å²) in [6.07, 6.45) is 6.94. The standard InChI is InChI=1S/C37H53N3O6/c1-26(2)23-31(38-33(41)30(40-36(44)46-37(3,4)5)22-21-27-15-9-6-10-16-27)34(42)39-32(24-28-17-11-7-12-18-28)35(43)45-25-29-19-13-8-14-20-29/h7-8,11-14,17-20,26-27,30-32H,6,9-10,15-16,21-25H2,1-5H3,(H,38,41)(H,39,42)(H,40,44)/t30-,31-,32-/m0/s1. The van der Waals surface area contributed by atoms with Crippen LogP contribution in [-0.2, 0) is 36.9 Å². The van der Waals surface area contributed by atoms with Gasteiger partial charge in [-0.3, -0.25) is 9.59 Å². The van der Waals surface area contributed by atoms with Gasteiger partial charge in [-0.2, -0.15) is 0 Å². The lowest BCUT2D eigenvalue weighted by molar-refractivity contribution is -0.149. The largest absolute Gasteiger partial charge is 0.459 e. The summed E-state index contributed by atoms with van der Waals surface area (Å²) < 4.78 is 11.1. The van der Waals surface area contributed by atoms with Crippen molar-refractivity contribution in [3.63, 3.8) is 0 Å². The Balaban J connectivity index is 1.75. The highest BCUT2D eigenvalue weighted by Crippen LogP contribution is 2.28. The first kappa shape index (κ1) is 36.6. The molecule has 2 aromatic carbocycles. The van der Waals surface area contributed by atoms with Crippen molar-refractivity contribution in [1.29, 1.82) is 0 Å². The molecule has 1 saturated carbocycles. The van der Waals surface area contributed by atoms with Gasteiger partial charge in [0.1, 0.15) is 30.3 Å². The zero-order chi connectivity index (χ0) is 33.5. The van der Waals surface area contributed by atoms with Crippen LogP contribution in [0.1, 0.15) is 97.1 Å². The highest BCUT2D eigenvalue weighted by Gasteiger charge is 2.32. The van der Waals surface area contributed by atoms with Crippen molar-refractivity contribution in [3.05, 3.63) is 71.8 Å². The van der Waals surface area contributed by atoms with Crippen LogP contribution in [-0.4, -0.2) is 47.6 Å². The van der Waals surface area contributed by atoms with Crippen LogP contribution in [0.5, 0.6) is 0 Å². The molecule has 9 nitrogen and oxygen atoms in total. The summed E-state index contributed by atoms with van der Waals surface area (Å²) in [7, 11) is 0. The van der Waals surface area contributed by atoms with Gasteiger partial charge in [0.15, 0.2) is 0 Å². The van der Waals surface area contributed by atoms with Crippen LogP contribution >= 0.6 is 0 Å². The first-order valence-corrected chi connectivity index (χ1v) is 16.7. The number of benzene rings is 2. The van der Waals surface area contributed by atoms with Gasteiger partial charge in [-0.1, -0.05) is 107 Å². The van der Waals surface area contributed by atoms with E-state index in [1.165, 1.54) is 19.3 Å². The van der Waals surface area contributed by atoms with E-state index in [9.17, 15) is 19.2 Å². The molecule has 46 heavy (non-hydrogen) atoms. The van der Waals surface area contributed by atoms with E-state index in [1.807, 2.05) is 74.5 Å². The van der Waals surface area contributed by atoms with Gasteiger partial charge in [0.25, 0.3) is 0 Å². The predicted molar refractivity (Wildman–Crippen MR) is 179 cm³/mol. The van der Waals surface area contributed by atoms with Crippen molar-refractivity contribution in [2.45, 2.75) is 123 Å². The summed E-state index contributed by atoms with van der Waals surface area (Å²) in [5, 5.41) is 8.52. The third kappa shape index (κ3) is 13.6. The molecule has 3 N–H and O–H groups in total. The molecule has 3 amide bonds. The van der Waals surface area contributed by atoms with E-state index in [0.717, 1.165) is 30.4 Å². The molecule has 1 fully saturated rings. The molecule has 1 aliphatic rings. The summed E-state index contributed by atoms with van der Waals surface area (Å²) in [5.41, 5.74) is 0.970. The fourth-order valence-electron chi connectivity index (χ4n) is 5.72. The summed E-state index contributed by atoms with van der Waals surface area (Å²) in [5.74, 6) is -0.933. The molecule has 0 saturated heterocycles. The molecule has 0 aliphatic heterocycles. The topological polar surface area (TPSA) is 123 Å². The number of carbonyl (C=O) groups is 4. The van der Waals surface area contributed by atoms with Gasteiger partial charge in [0, 0.05) is 6.42 Å². The van der Waals surface area contributed by atoms with Crippen molar-refractivity contribution < 1.29 is 28.7 Å². The molecule has 0 spiro atoms. The lowest BCUT2D eigenvalue weighted by Gasteiger charge is -2.28. The molecule has 2 aromatic rings. The van der Waals surface area contributed by atoms with Gasteiger partial charge in [-0.05, 0) is 63.0 Å². The second kappa shape index (κ2) is 18.3.